The van der Waals surface area contributed by atoms with Gasteiger partial charge in [0.15, 0.2) is 0 Å². The number of hydrogen-bond acceptors (Lipinski definition) is 5. The summed E-state index contributed by atoms with van der Waals surface area (Å²) in [5.74, 6) is -1.30. The van der Waals surface area contributed by atoms with Crippen LogP contribution >= 0.6 is 11.6 Å². The average molecular weight is 488 g/mol. The maximum atomic E-state index is 13.2. The van der Waals surface area contributed by atoms with Crippen LogP contribution in [0.5, 0.6) is 0 Å². The number of aromatic nitrogens is 1. The van der Waals surface area contributed by atoms with Gasteiger partial charge in [0, 0.05) is 49.2 Å². The number of amides is 1. The summed E-state index contributed by atoms with van der Waals surface area (Å²) < 4.78 is 19.8. The monoisotopic (exact) mass is 487 g/mol. The Morgan fingerprint density at radius 1 is 1.06 bits per heavy atom. The van der Waals surface area contributed by atoms with E-state index in [1.165, 1.54) is 28.8 Å². The van der Waals surface area contributed by atoms with Crippen molar-refractivity contribution in [3.63, 3.8) is 0 Å². The van der Waals surface area contributed by atoms with Crippen molar-refractivity contribution in [1.29, 1.82) is 0 Å². The molecule has 0 bridgehead atoms. The second kappa shape index (κ2) is 10.3. The third-order valence-electron chi connectivity index (χ3n) is 5.78. The fourth-order valence-electron chi connectivity index (χ4n) is 4.13. The minimum atomic E-state index is -0.695. The summed E-state index contributed by atoms with van der Waals surface area (Å²) >= 11 is 6.26. The lowest BCUT2D eigenvalue weighted by atomic mass is 10.1. The van der Waals surface area contributed by atoms with Crippen molar-refractivity contribution in [3.8, 4) is 0 Å². The topological polar surface area (TPSA) is 71.8 Å². The van der Waals surface area contributed by atoms with Gasteiger partial charge in [0.05, 0.1) is 17.8 Å². The molecule has 2 aromatic carbocycles. The number of anilines is 1. The van der Waals surface area contributed by atoms with Crippen LogP contribution in [0.1, 0.15) is 35.1 Å². The number of nitrogens with zero attached hydrogens (tertiary/aromatic N) is 3. The van der Waals surface area contributed by atoms with Gasteiger partial charge in [0.2, 0.25) is 0 Å². The Labute approximate surface area is 202 Å². The zero-order valence-corrected chi connectivity index (χ0v) is 19.1. The molecule has 2 heterocycles. The Morgan fingerprint density at radius 3 is 2.32 bits per heavy atom. The van der Waals surface area contributed by atoms with E-state index in [9.17, 15) is 18.8 Å². The molecule has 1 amide bonds. The minimum absolute atomic E-state index is 0. The highest BCUT2D eigenvalue weighted by Gasteiger charge is 2.30. The van der Waals surface area contributed by atoms with Crippen molar-refractivity contribution in [2.45, 2.75) is 14.4 Å². The van der Waals surface area contributed by atoms with Crippen LogP contribution in [0.15, 0.2) is 47.3 Å². The summed E-state index contributed by atoms with van der Waals surface area (Å²) in [6.45, 7) is 3.35. The van der Waals surface area contributed by atoms with Crippen molar-refractivity contribution >= 4 is 40.1 Å². The van der Waals surface area contributed by atoms with Crippen LogP contribution in [0.25, 0.3) is 10.9 Å². The van der Waals surface area contributed by atoms with E-state index in [2.05, 4.69) is 0 Å². The molecule has 0 aliphatic carbocycles. The fourth-order valence-corrected chi connectivity index (χ4v) is 4.30. The largest absolute Gasteiger partial charge is 0.462 e. The van der Waals surface area contributed by atoms with Gasteiger partial charge >= 0.3 is 5.97 Å². The van der Waals surface area contributed by atoms with Gasteiger partial charge < -0.3 is 19.1 Å². The first-order valence-corrected chi connectivity index (χ1v) is 11.0. The van der Waals surface area contributed by atoms with Crippen molar-refractivity contribution in [3.05, 3.63) is 74.8 Å². The lowest BCUT2D eigenvalue weighted by molar-refractivity contribution is 0.0523. The Morgan fingerprint density at radius 2 is 1.71 bits per heavy atom. The molecule has 1 saturated heterocycles. The molecule has 1 fully saturated rings. The van der Waals surface area contributed by atoms with Crippen LogP contribution in [-0.4, -0.2) is 54.1 Å². The number of hydrogen-bond donors (Lipinski definition) is 0. The number of benzene rings is 2. The summed E-state index contributed by atoms with van der Waals surface area (Å²) in [6, 6.07) is 10.6. The first-order chi connectivity index (χ1) is 15.8. The maximum absolute atomic E-state index is 13.2. The molecular weight excluding hydrogens is 461 g/mol. The van der Waals surface area contributed by atoms with E-state index in [-0.39, 0.29) is 25.5 Å². The van der Waals surface area contributed by atoms with E-state index in [4.69, 9.17) is 16.3 Å². The number of carbonyl (C=O) groups excluding carboxylic acids is 2. The number of esters is 1. The number of pyridine rings is 1. The summed E-state index contributed by atoms with van der Waals surface area (Å²) in [5, 5.41) is 1.13. The Hall–Kier alpha value is -3.39. The number of carbonyl (C=O) groups is 2. The van der Waals surface area contributed by atoms with E-state index in [0.717, 1.165) is 0 Å². The molecule has 9 heteroatoms. The number of ether oxygens (including phenoxy) is 1. The number of rotatable bonds is 4. The molecule has 0 saturated carbocycles. The number of fused-ring (bicyclic) bond motifs is 1. The van der Waals surface area contributed by atoms with Crippen LogP contribution in [0.2, 0.25) is 5.02 Å². The third kappa shape index (κ3) is 4.63. The molecule has 1 aromatic heterocycles. The molecule has 0 N–H and O–H groups in total. The van der Waals surface area contributed by atoms with E-state index in [1.807, 2.05) is 4.90 Å². The Balaban J connectivity index is 0.00000324. The fraction of sp³-hybridized carbons (Fsp3) is 0.320. The SMILES string of the molecule is C.CCOC(=O)c1c(N2CCN(C(=O)c3ccc(F)cc3)CC2)c2cc(Cl)ccc2n(C)c1=O. The standard InChI is InChI=1S/C24H23ClFN3O4.CH4/c1-3-33-24(32)20-21(18-14-16(25)6-9-19(18)27(2)23(20)31)28-10-12-29(13-11-28)22(30)15-4-7-17(26)8-5-15;/h4-9,14H,3,10-13H2,1-2H3;1H4. The summed E-state index contributed by atoms with van der Waals surface area (Å²) in [7, 11) is 1.60. The first-order valence-electron chi connectivity index (χ1n) is 10.6. The summed E-state index contributed by atoms with van der Waals surface area (Å²) in [5.41, 5.74) is 0.999. The average Bonchev–Trinajstić information content (AvgIpc) is 2.81. The molecule has 0 spiro atoms. The predicted molar refractivity (Wildman–Crippen MR) is 131 cm³/mol. The highest BCUT2D eigenvalue weighted by Crippen LogP contribution is 2.32. The van der Waals surface area contributed by atoms with Crippen molar-refractivity contribution in [1.82, 2.24) is 9.47 Å². The van der Waals surface area contributed by atoms with Crippen molar-refractivity contribution in [2.75, 3.05) is 37.7 Å². The van der Waals surface area contributed by atoms with Crippen LogP contribution in [0.4, 0.5) is 10.1 Å². The summed E-state index contributed by atoms with van der Waals surface area (Å²) in [4.78, 5) is 42.3. The van der Waals surface area contributed by atoms with Crippen LogP contribution in [0, 0.1) is 5.82 Å². The molecule has 1 aliphatic rings. The Bertz CT molecular complexity index is 1280. The Kier molecular flexibility index (Phi) is 7.61. The van der Waals surface area contributed by atoms with Crippen molar-refractivity contribution < 1.29 is 18.7 Å². The van der Waals surface area contributed by atoms with Gasteiger partial charge in [-0.3, -0.25) is 9.59 Å². The molecule has 1 aliphatic heterocycles. The number of piperazine rings is 1. The van der Waals surface area contributed by atoms with Crippen LogP contribution in [-0.2, 0) is 11.8 Å². The molecule has 3 aromatic rings. The molecular formula is C25H27ClFN3O4. The third-order valence-corrected chi connectivity index (χ3v) is 6.02. The maximum Gasteiger partial charge on any atom is 0.345 e. The molecule has 0 atom stereocenters. The second-order valence-corrected chi connectivity index (χ2v) is 8.19. The van der Waals surface area contributed by atoms with Gasteiger partial charge in [-0.2, -0.15) is 0 Å². The van der Waals surface area contributed by atoms with Crippen LogP contribution in [0.3, 0.4) is 0 Å². The quantitative estimate of drug-likeness (QED) is 0.518. The lowest BCUT2D eigenvalue weighted by Crippen LogP contribution is -2.49. The number of aryl methyl sites for hydroxylation is 1. The van der Waals surface area contributed by atoms with Gasteiger partial charge in [-0.15, -0.1) is 0 Å². The molecule has 34 heavy (non-hydrogen) atoms. The van der Waals surface area contributed by atoms with Gasteiger partial charge in [-0.25, -0.2) is 9.18 Å². The molecule has 180 valence electrons. The second-order valence-electron chi connectivity index (χ2n) is 7.76. The zero-order valence-electron chi connectivity index (χ0n) is 18.3. The van der Waals surface area contributed by atoms with E-state index in [0.29, 0.717) is 53.4 Å². The first kappa shape index (κ1) is 25.2. The van der Waals surface area contributed by atoms with E-state index >= 15 is 0 Å². The predicted octanol–water partition coefficient (Wildman–Crippen LogP) is 4.11. The van der Waals surface area contributed by atoms with Gasteiger partial charge in [0.1, 0.15) is 11.4 Å². The van der Waals surface area contributed by atoms with E-state index < -0.39 is 17.3 Å². The van der Waals surface area contributed by atoms with Gasteiger partial charge in [0.25, 0.3) is 11.5 Å². The highest BCUT2D eigenvalue weighted by atomic mass is 35.5. The lowest BCUT2D eigenvalue weighted by Gasteiger charge is -2.37. The molecule has 0 unspecified atom stereocenters. The molecule has 7 nitrogen and oxygen atoms in total. The zero-order chi connectivity index (χ0) is 23.7. The van der Waals surface area contributed by atoms with Gasteiger partial charge in [-0.05, 0) is 49.4 Å². The molecule has 4 rings (SSSR count). The highest BCUT2D eigenvalue weighted by molar-refractivity contribution is 6.31. The normalized spacial score (nSPS) is 13.5. The van der Waals surface area contributed by atoms with Gasteiger partial charge in [-0.1, -0.05) is 19.0 Å². The summed E-state index contributed by atoms with van der Waals surface area (Å²) in [6.07, 6.45) is 0. The van der Waals surface area contributed by atoms with E-state index in [1.54, 1.807) is 37.1 Å². The van der Waals surface area contributed by atoms with Crippen LogP contribution < -0.4 is 10.5 Å². The number of halogens is 2. The molecule has 0 radical (unpaired) electrons. The van der Waals surface area contributed by atoms with Crippen molar-refractivity contribution in [2.24, 2.45) is 7.05 Å². The smallest absolute Gasteiger partial charge is 0.345 e. The minimum Gasteiger partial charge on any atom is -0.462 e.